The van der Waals surface area contributed by atoms with Crippen molar-refractivity contribution in [2.24, 2.45) is 11.8 Å². The van der Waals surface area contributed by atoms with Gasteiger partial charge in [0.1, 0.15) is 17.8 Å². The summed E-state index contributed by atoms with van der Waals surface area (Å²) in [6.07, 6.45) is 15.8. The summed E-state index contributed by atoms with van der Waals surface area (Å²) in [6.45, 7) is 17.6. The van der Waals surface area contributed by atoms with Gasteiger partial charge in [0.25, 0.3) is 0 Å². The van der Waals surface area contributed by atoms with E-state index in [2.05, 4.69) is 0 Å². The van der Waals surface area contributed by atoms with Gasteiger partial charge in [-0.1, -0.05) is 20.3 Å². The Bertz CT molecular complexity index is 927. The van der Waals surface area contributed by atoms with Crippen LogP contribution in [0.25, 0.3) is 0 Å². The Labute approximate surface area is 298 Å². The van der Waals surface area contributed by atoms with Crippen molar-refractivity contribution >= 4 is 11.9 Å². The molecule has 0 aromatic heterocycles. The molecule has 2 heterocycles. The van der Waals surface area contributed by atoms with E-state index in [0.717, 1.165) is 90.3 Å². The molecular weight excluding hydrogens is 628 g/mol. The Morgan fingerprint density at radius 3 is 1.55 bits per heavy atom. The van der Waals surface area contributed by atoms with Gasteiger partial charge in [0, 0.05) is 13.2 Å². The molecule has 2 unspecified atom stereocenters. The zero-order chi connectivity index (χ0) is 35.2. The van der Waals surface area contributed by atoms with Gasteiger partial charge in [-0.3, -0.25) is 0 Å². The summed E-state index contributed by atoms with van der Waals surface area (Å²) in [5.41, 5.74) is -1.88. The topological polar surface area (TPSA) is 108 Å². The second kappa shape index (κ2) is 21.3. The molecule has 6 atom stereocenters. The summed E-state index contributed by atoms with van der Waals surface area (Å²) >= 11 is 0. The van der Waals surface area contributed by atoms with Crippen LogP contribution >= 0.6 is 0 Å². The van der Waals surface area contributed by atoms with Crippen molar-refractivity contribution in [3.63, 3.8) is 0 Å². The summed E-state index contributed by atoms with van der Waals surface area (Å²) < 4.78 is 45.8. The Morgan fingerprint density at radius 2 is 1.10 bits per heavy atom. The highest BCUT2D eigenvalue weighted by atomic mass is 16.7. The first-order valence-corrected chi connectivity index (χ1v) is 18.8. The standard InChI is InChI=1S/C20H36O5.C18H32O5.CH4/c1-19(2,3)25-18(21)20(4,5)23-14-15-9-8-10-16(13-15)24-17-11-6-7-12-22-17;1-18(2,3)23-16(19)13-20-12-14-7-6-8-15(11-14)22-17-9-4-5-10-21-17;/h15-17H,6-14H2,1-5H3;14-15,17H,4-13H2,1-3H3;1H4/t15-,16+,17?;14-,15+,17?;/m11./s1. The Morgan fingerprint density at radius 1 is 0.612 bits per heavy atom. The molecule has 4 aliphatic rings. The number of carbonyl (C=O) groups is 2. The van der Waals surface area contributed by atoms with E-state index in [-0.39, 0.29) is 50.8 Å². The smallest absolute Gasteiger partial charge is 0.338 e. The minimum atomic E-state index is -0.923. The molecule has 2 saturated heterocycles. The molecule has 0 radical (unpaired) electrons. The van der Waals surface area contributed by atoms with Gasteiger partial charge in [-0.15, -0.1) is 0 Å². The monoisotopic (exact) mass is 701 g/mol. The molecule has 10 heteroatoms. The van der Waals surface area contributed by atoms with Gasteiger partial charge in [0.05, 0.1) is 25.4 Å². The number of hydrogen-bond donors (Lipinski definition) is 0. The minimum absolute atomic E-state index is 0. The van der Waals surface area contributed by atoms with Gasteiger partial charge < -0.3 is 37.9 Å². The molecule has 0 N–H and O–H groups in total. The number of hydrogen-bond acceptors (Lipinski definition) is 10. The lowest BCUT2D eigenvalue weighted by atomic mass is 9.87. The predicted molar refractivity (Wildman–Crippen MR) is 190 cm³/mol. The van der Waals surface area contributed by atoms with E-state index >= 15 is 0 Å². The average molecular weight is 701 g/mol. The lowest BCUT2D eigenvalue weighted by molar-refractivity contribution is -0.199. The van der Waals surface area contributed by atoms with Crippen molar-refractivity contribution in [2.45, 2.75) is 194 Å². The zero-order valence-electron chi connectivity index (χ0n) is 31.5. The first-order chi connectivity index (χ1) is 22.6. The third-order valence-corrected chi connectivity index (χ3v) is 9.00. The van der Waals surface area contributed by atoms with Gasteiger partial charge in [-0.25, -0.2) is 9.59 Å². The van der Waals surface area contributed by atoms with Gasteiger partial charge in [-0.2, -0.15) is 0 Å². The van der Waals surface area contributed by atoms with Gasteiger partial charge in [0.2, 0.25) is 0 Å². The minimum Gasteiger partial charge on any atom is -0.458 e. The first-order valence-electron chi connectivity index (χ1n) is 18.8. The highest BCUT2D eigenvalue weighted by molar-refractivity contribution is 5.78. The maximum absolute atomic E-state index is 12.3. The molecule has 0 amide bonds. The number of esters is 2. The van der Waals surface area contributed by atoms with Crippen LogP contribution in [0.3, 0.4) is 0 Å². The van der Waals surface area contributed by atoms with Crippen LogP contribution in [-0.4, -0.2) is 86.6 Å². The third-order valence-electron chi connectivity index (χ3n) is 9.00. The van der Waals surface area contributed by atoms with Crippen LogP contribution in [0.2, 0.25) is 0 Å². The number of rotatable bonds is 12. The molecule has 0 aromatic rings. The van der Waals surface area contributed by atoms with Crippen molar-refractivity contribution < 1.29 is 47.5 Å². The van der Waals surface area contributed by atoms with E-state index in [9.17, 15) is 9.59 Å². The van der Waals surface area contributed by atoms with Crippen LogP contribution in [0, 0.1) is 11.8 Å². The van der Waals surface area contributed by atoms with Crippen LogP contribution < -0.4 is 0 Å². The normalized spacial score (nSPS) is 28.3. The zero-order valence-corrected chi connectivity index (χ0v) is 31.5. The molecule has 4 rings (SSSR count). The van der Waals surface area contributed by atoms with Crippen LogP contribution in [0.15, 0.2) is 0 Å². The summed E-state index contributed by atoms with van der Waals surface area (Å²) in [7, 11) is 0. The molecule has 0 aromatic carbocycles. The van der Waals surface area contributed by atoms with Crippen molar-refractivity contribution in [2.75, 3.05) is 33.0 Å². The summed E-state index contributed by atoms with van der Waals surface area (Å²) in [5.74, 6) is 0.278. The quantitative estimate of drug-likeness (QED) is 0.185. The maximum Gasteiger partial charge on any atom is 0.338 e. The highest BCUT2D eigenvalue weighted by Crippen LogP contribution is 2.31. The second-order valence-electron chi connectivity index (χ2n) is 16.6. The second-order valence-corrected chi connectivity index (χ2v) is 16.6. The van der Waals surface area contributed by atoms with Crippen molar-refractivity contribution in [3.05, 3.63) is 0 Å². The first kappa shape index (κ1) is 43.9. The van der Waals surface area contributed by atoms with Crippen LogP contribution in [-0.2, 0) is 47.5 Å². The van der Waals surface area contributed by atoms with E-state index in [1.54, 1.807) is 13.8 Å². The summed E-state index contributed by atoms with van der Waals surface area (Å²) in [4.78, 5) is 23.9. The van der Waals surface area contributed by atoms with Crippen LogP contribution in [0.4, 0.5) is 0 Å². The van der Waals surface area contributed by atoms with Crippen LogP contribution in [0.1, 0.15) is 153 Å². The van der Waals surface area contributed by atoms with E-state index in [1.807, 2.05) is 41.5 Å². The van der Waals surface area contributed by atoms with Gasteiger partial charge >= 0.3 is 11.9 Å². The largest absolute Gasteiger partial charge is 0.458 e. The Balaban J connectivity index is 0.000000334. The molecular formula is C39H72O10. The van der Waals surface area contributed by atoms with Crippen molar-refractivity contribution in [1.82, 2.24) is 0 Å². The fourth-order valence-corrected chi connectivity index (χ4v) is 6.57. The highest BCUT2D eigenvalue weighted by Gasteiger charge is 2.35. The Kier molecular flexibility index (Phi) is 19.0. The predicted octanol–water partition coefficient (Wildman–Crippen LogP) is 8.31. The van der Waals surface area contributed by atoms with Gasteiger partial charge in [0.15, 0.2) is 18.2 Å². The molecule has 0 bridgehead atoms. The molecule has 288 valence electrons. The molecule has 10 nitrogen and oxygen atoms in total. The molecule has 0 spiro atoms. The lowest BCUT2D eigenvalue weighted by Gasteiger charge is -2.35. The van der Waals surface area contributed by atoms with Crippen molar-refractivity contribution in [1.29, 1.82) is 0 Å². The summed E-state index contributed by atoms with van der Waals surface area (Å²) in [6, 6.07) is 0. The van der Waals surface area contributed by atoms with Crippen molar-refractivity contribution in [3.8, 4) is 0 Å². The molecule has 2 saturated carbocycles. The van der Waals surface area contributed by atoms with E-state index < -0.39 is 16.8 Å². The fourth-order valence-electron chi connectivity index (χ4n) is 6.57. The summed E-state index contributed by atoms with van der Waals surface area (Å²) in [5, 5.41) is 0. The third kappa shape index (κ3) is 18.7. The van der Waals surface area contributed by atoms with Crippen LogP contribution in [0.5, 0.6) is 0 Å². The number of ether oxygens (including phenoxy) is 8. The van der Waals surface area contributed by atoms with E-state index in [0.29, 0.717) is 25.0 Å². The molecule has 4 fully saturated rings. The maximum atomic E-state index is 12.3. The SMILES string of the molecule is C.CC(C)(C)OC(=O)C(C)(C)OC[C@@H]1CCC[C@H](OC2CCCCO2)C1.CC(C)(C)OC(=O)COC[C@@H]1CCC[C@H](OC2CCCCO2)C1. The number of carbonyl (C=O) groups excluding carboxylic acids is 2. The molecule has 49 heavy (non-hydrogen) atoms. The molecule has 2 aliphatic heterocycles. The van der Waals surface area contributed by atoms with E-state index in [4.69, 9.17) is 37.9 Å². The average Bonchev–Trinajstić information content (AvgIpc) is 3.00. The van der Waals surface area contributed by atoms with E-state index in [1.165, 1.54) is 12.8 Å². The lowest BCUT2D eigenvalue weighted by Crippen LogP contribution is -2.42. The van der Waals surface area contributed by atoms with Gasteiger partial charge in [-0.05, 0) is 144 Å². The fraction of sp³-hybridized carbons (Fsp3) is 0.949. The molecule has 2 aliphatic carbocycles. The Hall–Kier alpha value is -1.30.